The molecule has 1 aromatic heterocycles. The quantitative estimate of drug-likeness (QED) is 0.576. The number of aliphatic hydroxyl groups is 2. The number of hydrogen-bond donors (Lipinski definition) is 2. The summed E-state index contributed by atoms with van der Waals surface area (Å²) in [5.41, 5.74) is -0.537. The maximum atomic E-state index is 12.9. The molecule has 0 radical (unpaired) electrons. The van der Waals surface area contributed by atoms with Crippen LogP contribution >= 0.6 is 0 Å². The Labute approximate surface area is 174 Å². The minimum absolute atomic E-state index is 0.00633. The first-order valence-corrected chi connectivity index (χ1v) is 8.92. The van der Waals surface area contributed by atoms with Gasteiger partial charge in [-0.05, 0) is 54.6 Å². The van der Waals surface area contributed by atoms with Crippen molar-refractivity contribution in [1.82, 2.24) is 4.98 Å². The molecule has 0 aliphatic rings. The van der Waals surface area contributed by atoms with E-state index in [4.69, 9.17) is 15.1 Å². The first-order chi connectivity index (χ1) is 14.7. The summed E-state index contributed by atoms with van der Waals surface area (Å²) in [6.45, 7) is -0.714. The van der Waals surface area contributed by atoms with Gasteiger partial charge in [-0.25, -0.2) is 4.98 Å². The molecular formula is C22H15F3N2O4. The van der Waals surface area contributed by atoms with Crippen molar-refractivity contribution in [3.63, 3.8) is 0 Å². The average molecular weight is 428 g/mol. The summed E-state index contributed by atoms with van der Waals surface area (Å²) in [6, 6.07) is 15.4. The van der Waals surface area contributed by atoms with Gasteiger partial charge in [0.05, 0.1) is 29.5 Å². The molecule has 0 saturated heterocycles. The van der Waals surface area contributed by atoms with Gasteiger partial charge < -0.3 is 14.9 Å². The number of aromatic nitrogens is 1. The van der Waals surface area contributed by atoms with Crippen LogP contribution in [0.25, 0.3) is 11.3 Å². The van der Waals surface area contributed by atoms with E-state index in [0.29, 0.717) is 17.0 Å². The molecule has 3 rings (SSSR count). The Morgan fingerprint density at radius 1 is 1.10 bits per heavy atom. The molecule has 0 saturated carbocycles. The molecule has 6 nitrogen and oxygen atoms in total. The average Bonchev–Trinajstić information content (AvgIpc) is 2.77. The molecule has 1 heterocycles. The molecule has 1 unspecified atom stereocenters. The van der Waals surface area contributed by atoms with Gasteiger partial charge in [-0.3, -0.25) is 4.79 Å². The van der Waals surface area contributed by atoms with Gasteiger partial charge in [0.2, 0.25) is 5.78 Å². The third-order valence-electron chi connectivity index (χ3n) is 4.28. The predicted molar refractivity (Wildman–Crippen MR) is 103 cm³/mol. The highest BCUT2D eigenvalue weighted by molar-refractivity contribution is 5.98. The van der Waals surface area contributed by atoms with Gasteiger partial charge >= 0.3 is 6.18 Å². The number of halogens is 3. The Morgan fingerprint density at radius 2 is 1.77 bits per heavy atom. The number of nitrogens with zero attached hydrogens (tertiary/aromatic N) is 2. The van der Waals surface area contributed by atoms with Crippen molar-refractivity contribution < 1.29 is 32.9 Å². The third kappa shape index (κ3) is 5.06. The lowest BCUT2D eigenvalue weighted by Gasteiger charge is -2.11. The van der Waals surface area contributed by atoms with E-state index in [2.05, 4.69) is 4.98 Å². The second kappa shape index (κ2) is 8.95. The van der Waals surface area contributed by atoms with Crippen molar-refractivity contribution in [1.29, 1.82) is 5.26 Å². The Balaban J connectivity index is 1.80. The zero-order valence-electron chi connectivity index (χ0n) is 15.8. The van der Waals surface area contributed by atoms with Crippen LogP contribution in [-0.4, -0.2) is 33.7 Å². The lowest BCUT2D eigenvalue weighted by atomic mass is 10.1. The summed E-state index contributed by atoms with van der Waals surface area (Å²) in [5.74, 6) is -0.323. The van der Waals surface area contributed by atoms with Crippen LogP contribution < -0.4 is 4.74 Å². The molecular weight excluding hydrogens is 413 g/mol. The highest BCUT2D eigenvalue weighted by Crippen LogP contribution is 2.34. The van der Waals surface area contributed by atoms with Crippen LogP contribution in [0.2, 0.25) is 0 Å². The van der Waals surface area contributed by atoms with E-state index in [1.807, 2.05) is 0 Å². The van der Waals surface area contributed by atoms with Crippen molar-refractivity contribution in [2.24, 2.45) is 0 Å². The molecule has 2 N–H and O–H groups in total. The van der Waals surface area contributed by atoms with E-state index >= 15 is 0 Å². The Morgan fingerprint density at radius 3 is 2.39 bits per heavy atom. The van der Waals surface area contributed by atoms with Gasteiger partial charge in [0.15, 0.2) is 0 Å². The van der Waals surface area contributed by atoms with Crippen LogP contribution in [0.15, 0.2) is 60.7 Å². The number of carbonyl (C=O) groups is 1. The molecule has 31 heavy (non-hydrogen) atoms. The monoisotopic (exact) mass is 428 g/mol. The normalized spacial score (nSPS) is 12.1. The Hall–Kier alpha value is -3.74. The number of ketones is 1. The van der Waals surface area contributed by atoms with Crippen LogP contribution in [0.1, 0.15) is 21.6 Å². The Kier molecular flexibility index (Phi) is 6.34. The number of carbonyl (C=O) groups excluding carboxylic acids is 1. The number of ether oxygens (including phenoxy) is 1. The lowest BCUT2D eigenvalue weighted by Crippen LogP contribution is -2.25. The zero-order chi connectivity index (χ0) is 22.6. The van der Waals surface area contributed by atoms with Crippen molar-refractivity contribution >= 4 is 5.78 Å². The standard InChI is InChI=1S/C22H15F3N2O4/c23-22(24,25)17-9-8-16(10-14(17)11-26)31-15-6-4-13(5-7-15)18-2-1-3-19(27-18)21(30)20(29)12-28/h1-10,20,28-29H,12H2. The van der Waals surface area contributed by atoms with Crippen LogP contribution in [-0.2, 0) is 6.18 Å². The molecule has 0 aliphatic carbocycles. The number of hydrogen-bond acceptors (Lipinski definition) is 6. The minimum atomic E-state index is -4.64. The van der Waals surface area contributed by atoms with Crippen LogP contribution in [0, 0.1) is 11.3 Å². The number of aliphatic hydroxyl groups excluding tert-OH is 2. The highest BCUT2D eigenvalue weighted by Gasteiger charge is 2.33. The summed E-state index contributed by atoms with van der Waals surface area (Å²) in [6.07, 6.45) is -6.19. The maximum absolute atomic E-state index is 12.9. The van der Waals surface area contributed by atoms with E-state index in [1.54, 1.807) is 36.4 Å². The summed E-state index contributed by atoms with van der Waals surface area (Å²) in [5, 5.41) is 27.4. The SMILES string of the molecule is N#Cc1cc(Oc2ccc(-c3cccc(C(=O)C(O)CO)n3)cc2)ccc1C(F)(F)F. The smallest absolute Gasteiger partial charge is 0.417 e. The molecule has 0 fully saturated rings. The maximum Gasteiger partial charge on any atom is 0.417 e. The fourth-order valence-corrected chi connectivity index (χ4v) is 2.74. The Bertz CT molecular complexity index is 1140. The fourth-order valence-electron chi connectivity index (χ4n) is 2.74. The van der Waals surface area contributed by atoms with Crippen LogP contribution in [0.5, 0.6) is 11.5 Å². The van der Waals surface area contributed by atoms with Crippen molar-refractivity contribution in [3.8, 4) is 28.8 Å². The molecule has 3 aromatic rings. The molecule has 158 valence electrons. The number of Topliss-reactive ketones (excluding diaryl/α,β-unsaturated/α-hetero) is 1. The van der Waals surface area contributed by atoms with Gasteiger partial charge in [-0.15, -0.1) is 0 Å². The largest absolute Gasteiger partial charge is 0.457 e. The van der Waals surface area contributed by atoms with Gasteiger partial charge in [0.1, 0.15) is 23.3 Å². The number of alkyl halides is 3. The molecule has 0 bridgehead atoms. The van der Waals surface area contributed by atoms with E-state index < -0.39 is 35.8 Å². The van der Waals surface area contributed by atoms with E-state index in [0.717, 1.165) is 18.2 Å². The number of benzene rings is 2. The molecule has 0 amide bonds. The summed E-state index contributed by atoms with van der Waals surface area (Å²) in [7, 11) is 0. The molecule has 0 spiro atoms. The van der Waals surface area contributed by atoms with E-state index in [-0.39, 0.29) is 11.4 Å². The zero-order valence-corrected chi connectivity index (χ0v) is 15.8. The first kappa shape index (κ1) is 22.0. The van der Waals surface area contributed by atoms with E-state index in [1.165, 1.54) is 12.1 Å². The fraction of sp³-hybridized carbons (Fsp3) is 0.136. The lowest BCUT2D eigenvalue weighted by molar-refractivity contribution is -0.137. The minimum Gasteiger partial charge on any atom is -0.457 e. The van der Waals surface area contributed by atoms with Gasteiger partial charge in [-0.2, -0.15) is 18.4 Å². The van der Waals surface area contributed by atoms with Crippen molar-refractivity contribution in [2.75, 3.05) is 6.61 Å². The van der Waals surface area contributed by atoms with Crippen molar-refractivity contribution in [2.45, 2.75) is 12.3 Å². The second-order valence-electron chi connectivity index (χ2n) is 6.41. The van der Waals surface area contributed by atoms with Gasteiger partial charge in [0.25, 0.3) is 0 Å². The number of pyridine rings is 1. The van der Waals surface area contributed by atoms with Gasteiger partial charge in [-0.1, -0.05) is 6.07 Å². The number of rotatable bonds is 6. The van der Waals surface area contributed by atoms with Crippen LogP contribution in [0.4, 0.5) is 13.2 Å². The summed E-state index contributed by atoms with van der Waals surface area (Å²) >= 11 is 0. The van der Waals surface area contributed by atoms with Crippen molar-refractivity contribution in [3.05, 3.63) is 77.5 Å². The molecule has 0 aliphatic heterocycles. The third-order valence-corrected chi connectivity index (χ3v) is 4.28. The second-order valence-corrected chi connectivity index (χ2v) is 6.41. The molecule has 9 heteroatoms. The number of nitriles is 1. The van der Waals surface area contributed by atoms with Gasteiger partial charge in [0, 0.05) is 5.56 Å². The van der Waals surface area contributed by atoms with Crippen LogP contribution in [0.3, 0.4) is 0 Å². The molecule has 2 aromatic carbocycles. The topological polar surface area (TPSA) is 103 Å². The highest BCUT2D eigenvalue weighted by atomic mass is 19.4. The summed E-state index contributed by atoms with van der Waals surface area (Å²) < 4.78 is 44.2. The predicted octanol–water partition coefficient (Wildman–Crippen LogP) is 3.97. The van der Waals surface area contributed by atoms with E-state index in [9.17, 15) is 23.1 Å². The first-order valence-electron chi connectivity index (χ1n) is 8.92. The molecule has 1 atom stereocenters. The summed E-state index contributed by atoms with van der Waals surface area (Å²) in [4.78, 5) is 16.1.